The fraction of sp³-hybridized carbons (Fsp3) is 0.500. The quantitative estimate of drug-likeness (QED) is 0.624. The van der Waals surface area contributed by atoms with Gasteiger partial charge in [0.15, 0.2) is 0 Å². The van der Waals surface area contributed by atoms with Crippen molar-refractivity contribution in [2.24, 2.45) is 5.92 Å². The minimum absolute atomic E-state index is 0.00442. The summed E-state index contributed by atoms with van der Waals surface area (Å²) >= 11 is 1.32. The van der Waals surface area contributed by atoms with Crippen LogP contribution in [0.4, 0.5) is 0 Å². The highest BCUT2D eigenvalue weighted by atomic mass is 32.1. The molecule has 0 spiro atoms. The van der Waals surface area contributed by atoms with Crippen LogP contribution in [0.25, 0.3) is 0 Å². The van der Waals surface area contributed by atoms with Crippen LogP contribution in [0.5, 0.6) is 0 Å². The number of ether oxygens (including phenoxy) is 1. The third-order valence-electron chi connectivity index (χ3n) is 5.12. The molecule has 0 aromatic carbocycles. The fourth-order valence-corrected chi connectivity index (χ4v) is 4.48. The molecule has 0 bridgehead atoms. The largest absolute Gasteiger partial charge is 0.465 e. The normalized spacial score (nSPS) is 19.6. The maximum absolute atomic E-state index is 12.7. The number of piperidine rings is 1. The topological polar surface area (TPSA) is 87.2 Å². The van der Waals surface area contributed by atoms with Crippen molar-refractivity contribution in [2.75, 3.05) is 33.3 Å². The summed E-state index contributed by atoms with van der Waals surface area (Å²) in [4.78, 5) is 39.4. The van der Waals surface area contributed by atoms with Crippen molar-refractivity contribution in [1.82, 2.24) is 9.80 Å². The number of amides is 2. The van der Waals surface area contributed by atoms with Gasteiger partial charge in [0.05, 0.1) is 25.8 Å². The van der Waals surface area contributed by atoms with Gasteiger partial charge in [0.25, 0.3) is 0 Å². The molecule has 8 heteroatoms. The van der Waals surface area contributed by atoms with E-state index in [0.29, 0.717) is 37.1 Å². The van der Waals surface area contributed by atoms with Crippen molar-refractivity contribution in [1.29, 1.82) is 0 Å². The first-order chi connectivity index (χ1) is 12.4. The average Bonchev–Trinajstić information content (AvgIpc) is 3.14. The summed E-state index contributed by atoms with van der Waals surface area (Å²) < 4.78 is 4.74. The molecule has 1 aromatic heterocycles. The first-order valence-electron chi connectivity index (χ1n) is 8.47. The van der Waals surface area contributed by atoms with E-state index in [1.54, 1.807) is 20.6 Å². The lowest BCUT2D eigenvalue weighted by Gasteiger charge is -2.48. The van der Waals surface area contributed by atoms with Crippen LogP contribution >= 0.6 is 11.3 Å². The Balaban J connectivity index is 1.59. The van der Waals surface area contributed by atoms with Gasteiger partial charge in [-0.15, -0.1) is 0 Å². The van der Waals surface area contributed by atoms with E-state index in [0.717, 1.165) is 0 Å². The number of thiophene rings is 1. The van der Waals surface area contributed by atoms with E-state index in [2.05, 4.69) is 6.58 Å². The second-order valence-corrected chi connectivity index (χ2v) is 7.46. The molecule has 0 unspecified atom stereocenters. The summed E-state index contributed by atoms with van der Waals surface area (Å²) in [5, 5.41) is 14.2. The number of hydrogen-bond acceptors (Lipinski definition) is 6. The minimum Gasteiger partial charge on any atom is -0.465 e. The number of aliphatic hydroxyl groups is 1. The van der Waals surface area contributed by atoms with E-state index in [1.807, 2.05) is 0 Å². The van der Waals surface area contributed by atoms with Gasteiger partial charge in [-0.05, 0) is 24.3 Å². The summed E-state index contributed by atoms with van der Waals surface area (Å²) in [5.74, 6) is -0.744. The number of β-amino-alcohol motifs (C(OH)–C–C–N with tert-alkyl or cyclic N) is 1. The van der Waals surface area contributed by atoms with Crippen LogP contribution in [0.15, 0.2) is 23.4 Å². The van der Waals surface area contributed by atoms with Crippen LogP contribution < -0.4 is 0 Å². The Morgan fingerprint density at radius 3 is 2.50 bits per heavy atom. The van der Waals surface area contributed by atoms with Crippen molar-refractivity contribution >= 4 is 29.1 Å². The van der Waals surface area contributed by atoms with Gasteiger partial charge in [0, 0.05) is 30.0 Å². The Kier molecular flexibility index (Phi) is 5.15. The van der Waals surface area contributed by atoms with Gasteiger partial charge < -0.3 is 19.6 Å². The second-order valence-electron chi connectivity index (χ2n) is 6.72. The molecule has 2 fully saturated rings. The summed E-state index contributed by atoms with van der Waals surface area (Å²) in [5.41, 5.74) is -0.341. The van der Waals surface area contributed by atoms with Crippen LogP contribution in [-0.4, -0.2) is 66.0 Å². The van der Waals surface area contributed by atoms with E-state index in [-0.39, 0.29) is 30.8 Å². The highest BCUT2D eigenvalue weighted by Gasteiger charge is 2.48. The average molecular weight is 378 g/mol. The zero-order chi connectivity index (χ0) is 18.9. The Morgan fingerprint density at radius 1 is 1.27 bits per heavy atom. The van der Waals surface area contributed by atoms with E-state index < -0.39 is 11.6 Å². The van der Waals surface area contributed by atoms with Crippen molar-refractivity contribution in [3.8, 4) is 0 Å². The molecular weight excluding hydrogens is 356 g/mol. The third-order valence-corrected chi connectivity index (χ3v) is 5.86. The molecule has 2 saturated heterocycles. The number of nitrogens with zero attached hydrogens (tertiary/aromatic N) is 2. The number of rotatable bonds is 4. The van der Waals surface area contributed by atoms with Gasteiger partial charge in [-0.1, -0.05) is 6.58 Å². The molecule has 2 aliphatic heterocycles. The first-order valence-corrected chi connectivity index (χ1v) is 9.41. The molecule has 0 saturated carbocycles. The number of hydrogen-bond donors (Lipinski definition) is 1. The summed E-state index contributed by atoms with van der Waals surface area (Å²) in [7, 11) is 1.30. The van der Waals surface area contributed by atoms with E-state index in [9.17, 15) is 19.5 Å². The first kappa shape index (κ1) is 18.6. The Morgan fingerprint density at radius 2 is 1.92 bits per heavy atom. The van der Waals surface area contributed by atoms with Crippen LogP contribution in [0.2, 0.25) is 0 Å². The van der Waals surface area contributed by atoms with Gasteiger partial charge in [-0.3, -0.25) is 9.59 Å². The monoisotopic (exact) mass is 378 g/mol. The Hall–Kier alpha value is -2.19. The molecule has 0 radical (unpaired) electrons. The molecule has 0 atom stereocenters. The van der Waals surface area contributed by atoms with E-state index in [1.165, 1.54) is 24.5 Å². The number of esters is 1. The van der Waals surface area contributed by atoms with Gasteiger partial charge in [-0.2, -0.15) is 11.3 Å². The maximum atomic E-state index is 12.7. The molecule has 2 amide bonds. The molecule has 2 aliphatic rings. The molecule has 3 heterocycles. The van der Waals surface area contributed by atoms with Crippen molar-refractivity contribution in [3.05, 3.63) is 34.5 Å². The number of methoxy groups -OCH3 is 1. The fourth-order valence-electron chi connectivity index (χ4n) is 3.57. The highest BCUT2D eigenvalue weighted by molar-refractivity contribution is 7.08. The van der Waals surface area contributed by atoms with Gasteiger partial charge >= 0.3 is 5.97 Å². The molecule has 7 nitrogen and oxygen atoms in total. The molecule has 26 heavy (non-hydrogen) atoms. The van der Waals surface area contributed by atoms with Gasteiger partial charge in [0.2, 0.25) is 11.8 Å². The highest BCUT2D eigenvalue weighted by Crippen LogP contribution is 2.37. The molecule has 140 valence electrons. The summed E-state index contributed by atoms with van der Waals surface area (Å²) in [6, 6.07) is 0. The molecule has 0 aliphatic carbocycles. The van der Waals surface area contributed by atoms with E-state index in [4.69, 9.17) is 4.74 Å². The van der Waals surface area contributed by atoms with Crippen molar-refractivity contribution in [3.63, 3.8) is 0 Å². The smallest absolute Gasteiger partial charge is 0.339 e. The van der Waals surface area contributed by atoms with Gasteiger partial charge in [0.1, 0.15) is 5.60 Å². The third kappa shape index (κ3) is 3.26. The van der Waals surface area contributed by atoms with Crippen molar-refractivity contribution in [2.45, 2.75) is 18.4 Å². The van der Waals surface area contributed by atoms with Crippen LogP contribution in [0.1, 0.15) is 28.8 Å². The van der Waals surface area contributed by atoms with Crippen LogP contribution in [0, 0.1) is 5.92 Å². The number of carbonyl (C=O) groups is 3. The number of likely N-dealkylation sites (tertiary alicyclic amines) is 2. The predicted octanol–water partition coefficient (Wildman–Crippen LogP) is 0.989. The zero-order valence-electron chi connectivity index (χ0n) is 14.6. The Bertz CT molecular complexity index is 730. The van der Waals surface area contributed by atoms with Gasteiger partial charge in [-0.25, -0.2) is 4.79 Å². The minimum atomic E-state index is -1.21. The molecule has 1 aromatic rings. The lowest BCUT2D eigenvalue weighted by molar-refractivity contribution is -0.163. The van der Waals surface area contributed by atoms with E-state index >= 15 is 0 Å². The van der Waals surface area contributed by atoms with Crippen LogP contribution in [-0.2, 0) is 19.9 Å². The zero-order valence-corrected chi connectivity index (χ0v) is 15.5. The summed E-state index contributed by atoms with van der Waals surface area (Å²) in [6.45, 7) is 4.89. The summed E-state index contributed by atoms with van der Waals surface area (Å²) in [6.07, 6.45) is 2.51. The lowest BCUT2D eigenvalue weighted by atomic mass is 9.83. The number of carbonyl (C=O) groups excluding carboxylic acids is 3. The standard InChI is InChI=1S/C18H22N2O5S/c1-3-15(21)19-6-4-12(5-7-19)16(22)20-10-18(24,11-20)14-9-26-8-13(14)17(23)25-2/h3,8-9,12,24H,1,4-7,10-11H2,2H3. The lowest BCUT2D eigenvalue weighted by Crippen LogP contribution is -2.63. The Labute approximate surface area is 155 Å². The molecule has 1 N–H and O–H groups in total. The predicted molar refractivity (Wildman–Crippen MR) is 95.6 cm³/mol. The van der Waals surface area contributed by atoms with Crippen molar-refractivity contribution < 1.29 is 24.2 Å². The SMILES string of the molecule is C=CC(=O)N1CCC(C(=O)N2CC(O)(c3cscc3C(=O)OC)C2)CC1. The second kappa shape index (κ2) is 7.20. The molecular formula is C18H22N2O5S. The van der Waals surface area contributed by atoms with Crippen LogP contribution in [0.3, 0.4) is 0 Å². The molecule has 3 rings (SSSR count). The maximum Gasteiger partial charge on any atom is 0.339 e.